The molecule has 0 aliphatic carbocycles. The Kier molecular flexibility index (Phi) is 4.61. The first-order valence-corrected chi connectivity index (χ1v) is 6.89. The molecule has 1 aromatic rings. The number of hydrogen-bond acceptors (Lipinski definition) is 4. The Hall–Kier alpha value is -2.04. The lowest BCUT2D eigenvalue weighted by atomic mass is 10.1. The Labute approximate surface area is 118 Å². The molecule has 0 bridgehead atoms. The monoisotopic (exact) mass is 276 g/mol. The normalized spacial score (nSPS) is 14.9. The number of aryl methyl sites for hydroxylation is 1. The van der Waals surface area contributed by atoms with Crippen molar-refractivity contribution in [2.75, 3.05) is 25.4 Å². The van der Waals surface area contributed by atoms with Crippen molar-refractivity contribution in [3.63, 3.8) is 0 Å². The molecule has 108 valence electrons. The van der Waals surface area contributed by atoms with Crippen LogP contribution in [0, 0.1) is 6.92 Å². The molecule has 5 heteroatoms. The number of carbonyl (C=O) groups excluding carboxylic acids is 2. The minimum atomic E-state index is -0.545. The summed E-state index contributed by atoms with van der Waals surface area (Å²) in [4.78, 5) is 25.6. The van der Waals surface area contributed by atoms with E-state index >= 15 is 0 Å². The van der Waals surface area contributed by atoms with Crippen LogP contribution < -0.4 is 5.73 Å². The van der Waals surface area contributed by atoms with Gasteiger partial charge in [0.15, 0.2) is 6.61 Å². The summed E-state index contributed by atoms with van der Waals surface area (Å²) < 4.78 is 5.07. The molecular weight excluding hydrogens is 256 g/mol. The number of benzene rings is 1. The number of carbonyl (C=O) groups is 2. The summed E-state index contributed by atoms with van der Waals surface area (Å²) in [6.45, 7) is 3.16. The van der Waals surface area contributed by atoms with Crippen LogP contribution in [0.2, 0.25) is 0 Å². The van der Waals surface area contributed by atoms with E-state index in [-0.39, 0.29) is 12.5 Å². The summed E-state index contributed by atoms with van der Waals surface area (Å²) in [7, 11) is 0. The Bertz CT molecular complexity index is 508. The average molecular weight is 276 g/mol. The first-order valence-electron chi connectivity index (χ1n) is 6.89. The zero-order valence-electron chi connectivity index (χ0n) is 11.7. The van der Waals surface area contributed by atoms with E-state index in [2.05, 4.69) is 0 Å². The molecule has 1 heterocycles. The molecular formula is C15H20N2O3. The summed E-state index contributed by atoms with van der Waals surface area (Å²) in [5.74, 6) is -0.680. The molecule has 2 rings (SSSR count). The van der Waals surface area contributed by atoms with Crippen molar-refractivity contribution in [2.24, 2.45) is 0 Å². The van der Waals surface area contributed by atoms with Crippen LogP contribution in [0.4, 0.5) is 5.69 Å². The van der Waals surface area contributed by atoms with E-state index in [1.165, 1.54) is 0 Å². The number of esters is 1. The lowest BCUT2D eigenvalue weighted by Crippen LogP contribution is -2.38. The molecule has 20 heavy (non-hydrogen) atoms. The Balaban J connectivity index is 1.91. The number of nitrogen functional groups attached to an aromatic ring is 1. The van der Waals surface area contributed by atoms with E-state index in [4.69, 9.17) is 10.5 Å². The van der Waals surface area contributed by atoms with Gasteiger partial charge in [-0.05, 0) is 38.3 Å². The minimum absolute atomic E-state index is 0.135. The van der Waals surface area contributed by atoms with Crippen LogP contribution in [0.5, 0.6) is 0 Å². The largest absolute Gasteiger partial charge is 0.452 e. The maximum atomic E-state index is 11.9. The third-order valence-electron chi connectivity index (χ3n) is 3.46. The second kappa shape index (κ2) is 6.41. The topological polar surface area (TPSA) is 72.6 Å². The standard InChI is InChI=1S/C15H20N2O3/c1-11-5-6-13(16)12(9-11)15(19)20-10-14(18)17-7-3-2-4-8-17/h5-6,9H,2-4,7-8,10,16H2,1H3. The van der Waals surface area contributed by atoms with Crippen molar-refractivity contribution < 1.29 is 14.3 Å². The summed E-state index contributed by atoms with van der Waals surface area (Å²) in [6.07, 6.45) is 3.19. The van der Waals surface area contributed by atoms with Gasteiger partial charge < -0.3 is 15.4 Å². The van der Waals surface area contributed by atoms with Gasteiger partial charge in [-0.2, -0.15) is 0 Å². The van der Waals surface area contributed by atoms with Gasteiger partial charge >= 0.3 is 5.97 Å². The maximum absolute atomic E-state index is 11.9. The van der Waals surface area contributed by atoms with E-state index in [9.17, 15) is 9.59 Å². The van der Waals surface area contributed by atoms with Crippen molar-refractivity contribution >= 4 is 17.6 Å². The van der Waals surface area contributed by atoms with Crippen LogP contribution in [0.25, 0.3) is 0 Å². The van der Waals surface area contributed by atoms with Gasteiger partial charge in [0, 0.05) is 18.8 Å². The SMILES string of the molecule is Cc1ccc(N)c(C(=O)OCC(=O)N2CCCCC2)c1. The van der Waals surface area contributed by atoms with Crippen molar-refractivity contribution in [1.29, 1.82) is 0 Å². The van der Waals surface area contributed by atoms with E-state index in [1.807, 2.05) is 13.0 Å². The fraction of sp³-hybridized carbons (Fsp3) is 0.467. The molecule has 0 aromatic heterocycles. The van der Waals surface area contributed by atoms with Gasteiger partial charge in [0.1, 0.15) is 0 Å². The van der Waals surface area contributed by atoms with Gasteiger partial charge in [0.2, 0.25) is 0 Å². The molecule has 5 nitrogen and oxygen atoms in total. The van der Waals surface area contributed by atoms with Gasteiger partial charge in [0.25, 0.3) is 5.91 Å². The fourth-order valence-corrected chi connectivity index (χ4v) is 2.29. The lowest BCUT2D eigenvalue weighted by molar-refractivity contribution is -0.135. The van der Waals surface area contributed by atoms with E-state index in [0.717, 1.165) is 37.9 Å². The van der Waals surface area contributed by atoms with Crippen LogP contribution in [0.3, 0.4) is 0 Å². The Morgan fingerprint density at radius 3 is 2.65 bits per heavy atom. The van der Waals surface area contributed by atoms with Crippen molar-refractivity contribution in [2.45, 2.75) is 26.2 Å². The number of nitrogens with zero attached hydrogens (tertiary/aromatic N) is 1. The predicted octanol–water partition coefficient (Wildman–Crippen LogP) is 1.75. The highest BCUT2D eigenvalue weighted by atomic mass is 16.5. The van der Waals surface area contributed by atoms with Gasteiger partial charge in [-0.3, -0.25) is 4.79 Å². The average Bonchev–Trinajstić information content (AvgIpc) is 2.47. The zero-order valence-corrected chi connectivity index (χ0v) is 11.7. The lowest BCUT2D eigenvalue weighted by Gasteiger charge is -2.26. The minimum Gasteiger partial charge on any atom is -0.452 e. The molecule has 1 amide bonds. The summed E-state index contributed by atoms with van der Waals surface area (Å²) in [6, 6.07) is 5.16. The molecule has 1 fully saturated rings. The first-order chi connectivity index (χ1) is 9.58. The third kappa shape index (κ3) is 3.50. The van der Waals surface area contributed by atoms with Crippen molar-refractivity contribution in [3.8, 4) is 0 Å². The summed E-state index contributed by atoms with van der Waals surface area (Å²) >= 11 is 0. The molecule has 1 saturated heterocycles. The van der Waals surface area contributed by atoms with Crippen molar-refractivity contribution in [3.05, 3.63) is 29.3 Å². The number of anilines is 1. The number of likely N-dealkylation sites (tertiary alicyclic amines) is 1. The molecule has 1 aliphatic rings. The highest BCUT2D eigenvalue weighted by molar-refractivity contribution is 5.96. The first kappa shape index (κ1) is 14.4. The van der Waals surface area contributed by atoms with Gasteiger partial charge in [-0.1, -0.05) is 11.6 Å². The van der Waals surface area contributed by atoms with Gasteiger partial charge in [0.05, 0.1) is 5.56 Å². The second-order valence-electron chi connectivity index (χ2n) is 5.11. The number of piperidine rings is 1. The molecule has 0 unspecified atom stereocenters. The third-order valence-corrected chi connectivity index (χ3v) is 3.46. The van der Waals surface area contributed by atoms with E-state index in [1.54, 1.807) is 17.0 Å². The van der Waals surface area contributed by atoms with Crippen LogP contribution in [0.15, 0.2) is 18.2 Å². The number of ether oxygens (including phenoxy) is 1. The van der Waals surface area contributed by atoms with Crippen LogP contribution in [-0.2, 0) is 9.53 Å². The van der Waals surface area contributed by atoms with Crippen LogP contribution in [-0.4, -0.2) is 36.5 Å². The number of hydrogen-bond donors (Lipinski definition) is 1. The van der Waals surface area contributed by atoms with Gasteiger partial charge in [-0.15, -0.1) is 0 Å². The molecule has 1 aliphatic heterocycles. The van der Waals surface area contributed by atoms with E-state index in [0.29, 0.717) is 11.3 Å². The Morgan fingerprint density at radius 2 is 1.95 bits per heavy atom. The molecule has 1 aromatic carbocycles. The van der Waals surface area contributed by atoms with Gasteiger partial charge in [-0.25, -0.2) is 4.79 Å². The smallest absolute Gasteiger partial charge is 0.340 e. The molecule has 0 atom stereocenters. The highest BCUT2D eigenvalue weighted by Gasteiger charge is 2.19. The fourth-order valence-electron chi connectivity index (χ4n) is 2.29. The predicted molar refractivity (Wildman–Crippen MR) is 76.3 cm³/mol. The highest BCUT2D eigenvalue weighted by Crippen LogP contribution is 2.15. The quantitative estimate of drug-likeness (QED) is 0.674. The molecule has 2 N–H and O–H groups in total. The second-order valence-corrected chi connectivity index (χ2v) is 5.11. The number of amides is 1. The van der Waals surface area contributed by atoms with Crippen LogP contribution in [0.1, 0.15) is 35.2 Å². The molecule has 0 spiro atoms. The van der Waals surface area contributed by atoms with Crippen molar-refractivity contribution in [1.82, 2.24) is 4.90 Å². The number of nitrogens with two attached hydrogens (primary N) is 1. The Morgan fingerprint density at radius 1 is 1.25 bits per heavy atom. The number of rotatable bonds is 3. The maximum Gasteiger partial charge on any atom is 0.340 e. The summed E-state index contributed by atoms with van der Waals surface area (Å²) in [5, 5.41) is 0. The molecule has 0 saturated carbocycles. The van der Waals surface area contributed by atoms with E-state index < -0.39 is 5.97 Å². The zero-order chi connectivity index (χ0) is 14.5. The van der Waals surface area contributed by atoms with Crippen LogP contribution >= 0.6 is 0 Å². The molecule has 0 radical (unpaired) electrons. The summed E-state index contributed by atoms with van der Waals surface area (Å²) in [5.41, 5.74) is 7.35.